The summed E-state index contributed by atoms with van der Waals surface area (Å²) >= 11 is 11.9. The molecule has 0 spiro atoms. The molecule has 0 aliphatic carbocycles. The molecule has 0 radical (unpaired) electrons. The Labute approximate surface area is 139 Å². The van der Waals surface area contributed by atoms with Gasteiger partial charge in [-0.15, -0.1) is 0 Å². The van der Waals surface area contributed by atoms with Crippen molar-refractivity contribution in [2.24, 2.45) is 0 Å². The second-order valence-electron chi connectivity index (χ2n) is 5.33. The molecule has 2 amide bonds. The van der Waals surface area contributed by atoms with Crippen LogP contribution >= 0.6 is 23.2 Å². The molecular formula is C15H19Cl2N3O2. The molecule has 3 N–H and O–H groups in total. The first kappa shape index (κ1) is 17.1. The van der Waals surface area contributed by atoms with Crippen molar-refractivity contribution in [3.8, 4) is 0 Å². The highest BCUT2D eigenvalue weighted by Crippen LogP contribution is 2.25. The number of benzene rings is 1. The van der Waals surface area contributed by atoms with Crippen LogP contribution in [0.15, 0.2) is 18.2 Å². The fourth-order valence-corrected chi connectivity index (χ4v) is 2.70. The first-order chi connectivity index (χ1) is 10.5. The van der Waals surface area contributed by atoms with Crippen LogP contribution in [0.4, 0.5) is 0 Å². The van der Waals surface area contributed by atoms with E-state index in [1.807, 2.05) is 0 Å². The van der Waals surface area contributed by atoms with E-state index >= 15 is 0 Å². The Hall–Kier alpha value is -1.30. The summed E-state index contributed by atoms with van der Waals surface area (Å²) in [5.41, 5.74) is 0.260. The molecule has 1 heterocycles. The molecule has 1 saturated heterocycles. The molecule has 22 heavy (non-hydrogen) atoms. The largest absolute Gasteiger partial charge is 0.351 e. The average molecular weight is 344 g/mol. The summed E-state index contributed by atoms with van der Waals surface area (Å²) in [6.45, 7) is 3.43. The lowest BCUT2D eigenvalue weighted by Gasteiger charge is -2.25. The quantitative estimate of drug-likeness (QED) is 0.782. The summed E-state index contributed by atoms with van der Waals surface area (Å²) in [5.74, 6) is -0.612. The van der Waals surface area contributed by atoms with Gasteiger partial charge < -0.3 is 16.0 Å². The first-order valence-electron chi connectivity index (χ1n) is 7.25. The zero-order valence-corrected chi connectivity index (χ0v) is 13.8. The maximum atomic E-state index is 12.2. The highest BCUT2D eigenvalue weighted by Gasteiger charge is 2.22. The lowest BCUT2D eigenvalue weighted by Crippen LogP contribution is -2.50. The van der Waals surface area contributed by atoms with Gasteiger partial charge in [-0.05, 0) is 45.0 Å². The van der Waals surface area contributed by atoms with Crippen LogP contribution in [0, 0.1) is 0 Å². The predicted octanol–water partition coefficient (Wildman–Crippen LogP) is 1.98. The molecule has 1 aromatic carbocycles. The Morgan fingerprint density at radius 2 is 1.95 bits per heavy atom. The summed E-state index contributed by atoms with van der Waals surface area (Å²) in [6, 6.07) is 4.33. The second-order valence-corrected chi connectivity index (χ2v) is 6.11. The molecule has 0 bridgehead atoms. The number of hydrogen-bond donors (Lipinski definition) is 3. The average Bonchev–Trinajstić information content (AvgIpc) is 2.50. The molecule has 1 aliphatic heterocycles. The first-order valence-corrected chi connectivity index (χ1v) is 8.00. The van der Waals surface area contributed by atoms with Gasteiger partial charge in [0, 0.05) is 6.04 Å². The monoisotopic (exact) mass is 343 g/mol. The number of halogens is 2. The summed E-state index contributed by atoms with van der Waals surface area (Å²) < 4.78 is 0. The summed E-state index contributed by atoms with van der Waals surface area (Å²) in [4.78, 5) is 24.3. The number of carbonyl (C=O) groups excluding carboxylic acids is 2. The Bertz CT molecular complexity index is 560. The lowest BCUT2D eigenvalue weighted by atomic mass is 10.1. The minimum absolute atomic E-state index is 0.155. The lowest BCUT2D eigenvalue weighted by molar-refractivity contribution is -0.123. The Morgan fingerprint density at radius 1 is 1.27 bits per heavy atom. The highest BCUT2D eigenvalue weighted by atomic mass is 35.5. The minimum atomic E-state index is -0.641. The molecule has 1 aliphatic rings. The number of hydrogen-bond acceptors (Lipinski definition) is 3. The van der Waals surface area contributed by atoms with Crippen LogP contribution in [0.25, 0.3) is 0 Å². The van der Waals surface area contributed by atoms with Crippen LogP contribution in [0.5, 0.6) is 0 Å². The van der Waals surface area contributed by atoms with E-state index in [-0.39, 0.29) is 22.5 Å². The van der Waals surface area contributed by atoms with Crippen molar-refractivity contribution in [3.05, 3.63) is 33.8 Å². The van der Waals surface area contributed by atoms with Crippen LogP contribution < -0.4 is 16.0 Å². The molecule has 7 heteroatoms. The van der Waals surface area contributed by atoms with E-state index in [4.69, 9.17) is 23.2 Å². The Balaban J connectivity index is 1.92. The highest BCUT2D eigenvalue weighted by molar-refractivity contribution is 6.43. The molecule has 1 aromatic rings. The SMILES string of the molecule is CC(NC(=O)c1cccc(Cl)c1Cl)C(=O)NC1CCNCC1. The van der Waals surface area contributed by atoms with Gasteiger partial charge in [-0.3, -0.25) is 9.59 Å². The van der Waals surface area contributed by atoms with Gasteiger partial charge in [0.15, 0.2) is 0 Å². The van der Waals surface area contributed by atoms with Crippen molar-refractivity contribution in [2.75, 3.05) is 13.1 Å². The molecule has 120 valence electrons. The summed E-state index contributed by atoms with van der Waals surface area (Å²) in [5, 5.41) is 9.32. The number of carbonyl (C=O) groups is 2. The summed E-state index contributed by atoms with van der Waals surface area (Å²) in [7, 11) is 0. The smallest absolute Gasteiger partial charge is 0.253 e. The summed E-state index contributed by atoms with van der Waals surface area (Å²) in [6.07, 6.45) is 1.79. The number of rotatable bonds is 4. The fourth-order valence-electron chi connectivity index (χ4n) is 2.31. The van der Waals surface area contributed by atoms with Crippen LogP contribution in [0.1, 0.15) is 30.1 Å². The van der Waals surface area contributed by atoms with E-state index in [2.05, 4.69) is 16.0 Å². The van der Waals surface area contributed by atoms with E-state index in [1.54, 1.807) is 25.1 Å². The molecule has 5 nitrogen and oxygen atoms in total. The Morgan fingerprint density at radius 3 is 2.64 bits per heavy atom. The number of nitrogens with one attached hydrogen (secondary N) is 3. The van der Waals surface area contributed by atoms with Crippen molar-refractivity contribution >= 4 is 35.0 Å². The van der Waals surface area contributed by atoms with Crippen LogP contribution in [0.2, 0.25) is 10.0 Å². The molecule has 0 aromatic heterocycles. The van der Waals surface area contributed by atoms with Crippen molar-refractivity contribution in [1.82, 2.24) is 16.0 Å². The van der Waals surface area contributed by atoms with Gasteiger partial charge in [0.25, 0.3) is 5.91 Å². The van der Waals surface area contributed by atoms with Gasteiger partial charge in [-0.1, -0.05) is 29.3 Å². The Kier molecular flexibility index (Phi) is 6.06. The van der Waals surface area contributed by atoms with E-state index < -0.39 is 11.9 Å². The van der Waals surface area contributed by atoms with Crippen molar-refractivity contribution in [2.45, 2.75) is 31.8 Å². The maximum absolute atomic E-state index is 12.2. The zero-order chi connectivity index (χ0) is 16.1. The predicted molar refractivity (Wildman–Crippen MR) is 87.4 cm³/mol. The van der Waals surface area contributed by atoms with Crippen LogP contribution in [0.3, 0.4) is 0 Å². The van der Waals surface area contributed by atoms with Gasteiger partial charge in [-0.25, -0.2) is 0 Å². The topological polar surface area (TPSA) is 70.2 Å². The molecule has 2 rings (SSSR count). The van der Waals surface area contributed by atoms with E-state index in [9.17, 15) is 9.59 Å². The van der Waals surface area contributed by atoms with Gasteiger partial charge in [-0.2, -0.15) is 0 Å². The van der Waals surface area contributed by atoms with Gasteiger partial charge in [0.05, 0.1) is 15.6 Å². The van der Waals surface area contributed by atoms with Crippen LogP contribution in [-0.2, 0) is 4.79 Å². The second kappa shape index (κ2) is 7.81. The number of piperidine rings is 1. The number of amides is 2. The fraction of sp³-hybridized carbons (Fsp3) is 0.467. The van der Waals surface area contributed by atoms with Crippen molar-refractivity contribution in [1.29, 1.82) is 0 Å². The van der Waals surface area contributed by atoms with E-state index in [0.29, 0.717) is 5.02 Å². The van der Waals surface area contributed by atoms with Crippen molar-refractivity contribution in [3.63, 3.8) is 0 Å². The molecule has 1 unspecified atom stereocenters. The van der Waals surface area contributed by atoms with E-state index in [0.717, 1.165) is 25.9 Å². The van der Waals surface area contributed by atoms with Gasteiger partial charge in [0.2, 0.25) is 5.91 Å². The molecular weight excluding hydrogens is 325 g/mol. The minimum Gasteiger partial charge on any atom is -0.351 e. The normalized spacial score (nSPS) is 16.9. The zero-order valence-electron chi connectivity index (χ0n) is 12.3. The van der Waals surface area contributed by atoms with Crippen LogP contribution in [-0.4, -0.2) is 37.0 Å². The third kappa shape index (κ3) is 4.35. The molecule has 0 saturated carbocycles. The van der Waals surface area contributed by atoms with Gasteiger partial charge >= 0.3 is 0 Å². The third-order valence-electron chi connectivity index (χ3n) is 3.62. The van der Waals surface area contributed by atoms with Crippen molar-refractivity contribution < 1.29 is 9.59 Å². The molecule has 1 fully saturated rings. The third-order valence-corrected chi connectivity index (χ3v) is 4.44. The standard InChI is InChI=1S/C15H19Cl2N3O2/c1-9(14(21)20-10-5-7-18-8-6-10)19-15(22)11-3-2-4-12(16)13(11)17/h2-4,9-10,18H,5-8H2,1H3,(H,19,22)(H,20,21). The van der Waals surface area contributed by atoms with E-state index in [1.165, 1.54) is 0 Å². The van der Waals surface area contributed by atoms with Gasteiger partial charge in [0.1, 0.15) is 6.04 Å². The molecule has 1 atom stereocenters. The maximum Gasteiger partial charge on any atom is 0.253 e.